The zero-order valence-corrected chi connectivity index (χ0v) is 30.9. The topological polar surface area (TPSA) is 0 Å². The first-order chi connectivity index (χ1) is 22.9. The number of hydrogen-bond acceptors (Lipinski definition) is 0. The molecular formula is C48H58. The van der Waals surface area contributed by atoms with Crippen LogP contribution < -0.4 is 0 Å². The van der Waals surface area contributed by atoms with E-state index in [1.807, 2.05) is 0 Å². The predicted molar refractivity (Wildman–Crippen MR) is 209 cm³/mol. The highest BCUT2D eigenvalue weighted by Gasteiger charge is 2.40. The molecule has 1 atom stereocenters. The van der Waals surface area contributed by atoms with Gasteiger partial charge in [-0.2, -0.15) is 0 Å². The summed E-state index contributed by atoms with van der Waals surface area (Å²) in [6, 6.07) is 19.1. The van der Waals surface area contributed by atoms with Crippen LogP contribution in [0.1, 0.15) is 130 Å². The molecule has 1 unspecified atom stereocenters. The van der Waals surface area contributed by atoms with Gasteiger partial charge in [-0.15, -0.1) is 0 Å². The molecule has 0 bridgehead atoms. The molecule has 7 rings (SSSR count). The molecule has 2 fully saturated rings. The van der Waals surface area contributed by atoms with Gasteiger partial charge in [0.05, 0.1) is 0 Å². The first-order valence-corrected chi connectivity index (χ1v) is 19.0. The van der Waals surface area contributed by atoms with Crippen molar-refractivity contribution in [2.75, 3.05) is 0 Å². The van der Waals surface area contributed by atoms with Gasteiger partial charge in [0.2, 0.25) is 0 Å². The predicted octanol–water partition coefficient (Wildman–Crippen LogP) is 13.5. The summed E-state index contributed by atoms with van der Waals surface area (Å²) in [5, 5.41) is 0. The van der Waals surface area contributed by atoms with E-state index in [-0.39, 0.29) is 5.41 Å². The minimum absolute atomic E-state index is 0.209. The molecule has 4 aliphatic rings. The standard InChI is InChI=1S/C48H58/c1-10-31(5)37-23-38(24-37)33-15-17-34(18-16-33)43-28-46(48(7,8)9)41-20-19-36(26-45(41)43)39-25-40-22-32(6)42(21-29(2)3)47(44(40)27-39)35-13-11-30(4)12-14-35/h11-14,19-20,22,25-26,28,33-34,37-38,46H,2,5,10,15-18,21,23-24,27H2,1,3-4,6-9H3. The van der Waals surface area contributed by atoms with Crippen molar-refractivity contribution in [1.29, 1.82) is 0 Å². The highest BCUT2D eigenvalue weighted by molar-refractivity contribution is 5.94. The summed E-state index contributed by atoms with van der Waals surface area (Å²) in [5.41, 5.74) is 20.3. The average Bonchev–Trinajstić information content (AvgIpc) is 3.63. The van der Waals surface area contributed by atoms with Crippen LogP contribution in [0.25, 0.3) is 28.3 Å². The van der Waals surface area contributed by atoms with Crippen LogP contribution in [0.4, 0.5) is 0 Å². The quantitative estimate of drug-likeness (QED) is 0.216. The lowest BCUT2D eigenvalue weighted by Crippen LogP contribution is -2.33. The number of benzene rings is 3. The van der Waals surface area contributed by atoms with E-state index in [0.29, 0.717) is 11.8 Å². The zero-order chi connectivity index (χ0) is 33.9. The van der Waals surface area contributed by atoms with Crippen molar-refractivity contribution in [2.24, 2.45) is 29.1 Å². The largest absolute Gasteiger partial charge is 0.0998 e. The second kappa shape index (κ2) is 12.8. The molecule has 4 aliphatic carbocycles. The number of hydrogen-bond donors (Lipinski definition) is 0. The van der Waals surface area contributed by atoms with E-state index < -0.39 is 0 Å². The number of rotatable bonds is 8. The Hall–Kier alpha value is -3.38. The molecule has 0 spiro atoms. The van der Waals surface area contributed by atoms with Crippen LogP contribution in [0.5, 0.6) is 0 Å². The molecule has 0 saturated heterocycles. The maximum absolute atomic E-state index is 4.36. The maximum atomic E-state index is 4.36. The van der Waals surface area contributed by atoms with Gasteiger partial charge in [-0.3, -0.25) is 0 Å². The van der Waals surface area contributed by atoms with Crippen LogP contribution >= 0.6 is 0 Å². The van der Waals surface area contributed by atoms with Crippen molar-refractivity contribution in [3.8, 4) is 11.1 Å². The number of aryl methyl sites for hydroxylation is 2. The monoisotopic (exact) mass is 634 g/mol. The lowest BCUT2D eigenvalue weighted by Gasteiger charge is -2.44. The number of fused-ring (bicyclic) bond motifs is 2. The SMILES string of the molecule is C=C(C)Cc1c(C)cc2c(c1-c1ccc(C)cc1)CC(c1ccc3c(c1)C(C1CCC(C4CC(C(=C)CC)C4)CC1)=CC3C(C)(C)C)=C2. The zero-order valence-electron chi connectivity index (χ0n) is 30.9. The molecule has 0 nitrogen and oxygen atoms in total. The molecule has 3 aromatic rings. The second-order valence-electron chi connectivity index (χ2n) is 17.3. The van der Waals surface area contributed by atoms with Crippen LogP contribution in [-0.4, -0.2) is 0 Å². The van der Waals surface area contributed by atoms with Gasteiger partial charge in [-0.1, -0.05) is 112 Å². The number of allylic oxidation sites excluding steroid dienone is 5. The molecule has 3 aromatic carbocycles. The molecule has 0 aromatic heterocycles. The average molecular weight is 635 g/mol. The van der Waals surface area contributed by atoms with E-state index in [9.17, 15) is 0 Å². The Labute approximate surface area is 292 Å². The summed E-state index contributed by atoms with van der Waals surface area (Å²) in [4.78, 5) is 0. The van der Waals surface area contributed by atoms with E-state index in [1.165, 1.54) is 99.8 Å². The fourth-order valence-corrected chi connectivity index (χ4v) is 9.74. The van der Waals surface area contributed by atoms with Gasteiger partial charge in [0.15, 0.2) is 0 Å². The first-order valence-electron chi connectivity index (χ1n) is 19.0. The van der Waals surface area contributed by atoms with Gasteiger partial charge >= 0.3 is 0 Å². The fourth-order valence-electron chi connectivity index (χ4n) is 9.74. The van der Waals surface area contributed by atoms with Crippen molar-refractivity contribution < 1.29 is 0 Å². The molecule has 0 amide bonds. The summed E-state index contributed by atoms with van der Waals surface area (Å²) >= 11 is 0. The van der Waals surface area contributed by atoms with Crippen LogP contribution in [0, 0.1) is 42.9 Å². The van der Waals surface area contributed by atoms with Crippen LogP contribution in [0.15, 0.2) is 78.9 Å². The Morgan fingerprint density at radius 3 is 2.19 bits per heavy atom. The molecule has 250 valence electrons. The van der Waals surface area contributed by atoms with Crippen molar-refractivity contribution in [3.05, 3.63) is 123 Å². The second-order valence-corrected chi connectivity index (χ2v) is 17.3. The van der Waals surface area contributed by atoms with Crippen molar-refractivity contribution >= 4 is 17.2 Å². The summed E-state index contributed by atoms with van der Waals surface area (Å²) in [7, 11) is 0. The Kier molecular flexibility index (Phi) is 8.85. The summed E-state index contributed by atoms with van der Waals surface area (Å²) in [5.74, 6) is 3.85. The third-order valence-electron chi connectivity index (χ3n) is 12.7. The third-order valence-corrected chi connectivity index (χ3v) is 12.7. The van der Waals surface area contributed by atoms with Gasteiger partial charge in [0.25, 0.3) is 0 Å². The van der Waals surface area contributed by atoms with Gasteiger partial charge in [-0.25, -0.2) is 0 Å². The smallest absolute Gasteiger partial charge is 0.00787 e. The lowest BCUT2D eigenvalue weighted by atomic mass is 9.61. The van der Waals surface area contributed by atoms with Gasteiger partial charge in [-0.05, 0) is 175 Å². The minimum atomic E-state index is 0.209. The lowest BCUT2D eigenvalue weighted by molar-refractivity contribution is 0.108. The van der Waals surface area contributed by atoms with Crippen LogP contribution in [0.3, 0.4) is 0 Å². The van der Waals surface area contributed by atoms with Crippen LogP contribution in [-0.2, 0) is 12.8 Å². The highest BCUT2D eigenvalue weighted by Crippen LogP contribution is 2.54. The molecule has 0 heteroatoms. The normalized spacial score (nSPS) is 24.8. The molecular weight excluding hydrogens is 577 g/mol. The van der Waals surface area contributed by atoms with E-state index in [2.05, 4.69) is 122 Å². The Morgan fingerprint density at radius 2 is 1.54 bits per heavy atom. The maximum Gasteiger partial charge on any atom is 0.00787 e. The summed E-state index contributed by atoms with van der Waals surface area (Å²) < 4.78 is 0. The van der Waals surface area contributed by atoms with Gasteiger partial charge in [0, 0.05) is 5.92 Å². The summed E-state index contributed by atoms with van der Waals surface area (Å²) in [6.07, 6.45) is 16.6. The highest BCUT2D eigenvalue weighted by atomic mass is 14.4. The summed E-state index contributed by atoms with van der Waals surface area (Å²) in [6.45, 7) is 24.9. The van der Waals surface area contributed by atoms with Crippen molar-refractivity contribution in [2.45, 2.75) is 112 Å². The van der Waals surface area contributed by atoms with Crippen molar-refractivity contribution in [3.63, 3.8) is 0 Å². The van der Waals surface area contributed by atoms with E-state index in [1.54, 1.807) is 16.7 Å². The molecule has 2 saturated carbocycles. The Balaban J connectivity index is 1.17. The van der Waals surface area contributed by atoms with E-state index in [4.69, 9.17) is 0 Å². The third kappa shape index (κ3) is 6.14. The van der Waals surface area contributed by atoms with E-state index >= 15 is 0 Å². The molecule has 0 heterocycles. The minimum Gasteiger partial charge on any atom is -0.0998 e. The molecule has 0 radical (unpaired) electrons. The van der Waals surface area contributed by atoms with E-state index in [0.717, 1.165) is 37.0 Å². The van der Waals surface area contributed by atoms with Gasteiger partial charge in [0.1, 0.15) is 0 Å². The van der Waals surface area contributed by atoms with Crippen LogP contribution in [0.2, 0.25) is 0 Å². The Morgan fingerprint density at radius 1 is 0.854 bits per heavy atom. The molecule has 0 aliphatic heterocycles. The Bertz CT molecular complexity index is 1800. The first kappa shape index (κ1) is 33.1. The molecule has 0 N–H and O–H groups in total. The molecule has 48 heavy (non-hydrogen) atoms. The van der Waals surface area contributed by atoms with Gasteiger partial charge < -0.3 is 0 Å². The fraction of sp³-hybridized carbons (Fsp3) is 0.458. The van der Waals surface area contributed by atoms with Crippen molar-refractivity contribution in [1.82, 2.24) is 0 Å².